The van der Waals surface area contributed by atoms with Crippen LogP contribution in [-0.4, -0.2) is 52.5 Å². The number of anilines is 1. The monoisotopic (exact) mass is 533 g/mol. The topological polar surface area (TPSA) is 87.7 Å². The van der Waals surface area contributed by atoms with E-state index in [-0.39, 0.29) is 29.8 Å². The Labute approximate surface area is 232 Å². The zero-order chi connectivity index (χ0) is 27.3. The molecule has 3 aliphatic heterocycles. The van der Waals surface area contributed by atoms with Crippen molar-refractivity contribution in [1.29, 1.82) is 0 Å². The smallest absolute Gasteiger partial charge is 0.246 e. The average Bonchev–Trinajstić information content (AvgIpc) is 3.58. The minimum atomic E-state index is -1.09. The number of carbonyl (C=O) groups excluding carboxylic acids is 3. The van der Waals surface area contributed by atoms with Crippen molar-refractivity contribution in [3.8, 4) is 0 Å². The third-order valence-corrected chi connectivity index (χ3v) is 10.1. The summed E-state index contributed by atoms with van der Waals surface area (Å²) >= 11 is 0. The lowest BCUT2D eigenvalue weighted by molar-refractivity contribution is -0.145. The summed E-state index contributed by atoms with van der Waals surface area (Å²) in [7, 11) is 0. The number of carbonyl (C=O) groups is 3. The van der Waals surface area contributed by atoms with E-state index >= 15 is 0 Å². The Morgan fingerprint density at radius 3 is 2.36 bits per heavy atom. The summed E-state index contributed by atoms with van der Waals surface area (Å²) in [5, 5.41) is 6.39. The number of ether oxygens (including phenoxy) is 1. The molecule has 7 heteroatoms. The van der Waals surface area contributed by atoms with Crippen LogP contribution in [0.25, 0.3) is 0 Å². The van der Waals surface area contributed by atoms with Crippen LogP contribution in [0, 0.1) is 17.8 Å². The number of hydrogen-bond acceptors (Lipinski definition) is 4. The molecule has 2 aliphatic carbocycles. The van der Waals surface area contributed by atoms with E-state index in [1.165, 1.54) is 12.0 Å². The van der Waals surface area contributed by atoms with Gasteiger partial charge in [0, 0.05) is 17.8 Å². The number of amides is 3. The molecule has 2 saturated heterocycles. The quantitative estimate of drug-likeness (QED) is 0.508. The van der Waals surface area contributed by atoms with Gasteiger partial charge in [0.05, 0.1) is 17.9 Å². The van der Waals surface area contributed by atoms with Crippen molar-refractivity contribution in [3.05, 3.63) is 42.0 Å². The number of rotatable bonds is 6. The van der Waals surface area contributed by atoms with Gasteiger partial charge in [-0.15, -0.1) is 0 Å². The Morgan fingerprint density at radius 1 is 0.974 bits per heavy atom. The van der Waals surface area contributed by atoms with Crippen molar-refractivity contribution in [2.75, 3.05) is 5.32 Å². The van der Waals surface area contributed by atoms with Gasteiger partial charge in [-0.3, -0.25) is 14.4 Å². The summed E-state index contributed by atoms with van der Waals surface area (Å²) in [6.07, 6.45) is 12.7. The van der Waals surface area contributed by atoms with Crippen molar-refractivity contribution < 1.29 is 19.1 Å². The molecule has 3 amide bonds. The number of fused-ring (bicyclic) bond motifs is 1. The third-order valence-electron chi connectivity index (χ3n) is 10.1. The van der Waals surface area contributed by atoms with E-state index in [0.29, 0.717) is 17.5 Å². The van der Waals surface area contributed by atoms with Crippen LogP contribution in [0.2, 0.25) is 0 Å². The van der Waals surface area contributed by atoms with E-state index in [2.05, 4.69) is 31.4 Å². The van der Waals surface area contributed by atoms with Crippen LogP contribution in [-0.2, 0) is 19.1 Å². The maximum atomic E-state index is 14.3. The van der Waals surface area contributed by atoms with Crippen LogP contribution < -0.4 is 10.6 Å². The normalized spacial score (nSPS) is 35.9. The molecule has 0 radical (unpaired) electrons. The highest BCUT2D eigenvalue weighted by Gasteiger charge is 2.73. The minimum absolute atomic E-state index is 0.00842. The molecule has 1 aromatic rings. The van der Waals surface area contributed by atoms with Gasteiger partial charge in [-0.25, -0.2) is 0 Å². The molecule has 1 aromatic carbocycles. The lowest BCUT2D eigenvalue weighted by atomic mass is 9.74. The van der Waals surface area contributed by atoms with Gasteiger partial charge in [0.15, 0.2) is 0 Å². The first-order chi connectivity index (χ1) is 18.8. The molecule has 0 unspecified atom stereocenters. The van der Waals surface area contributed by atoms with Gasteiger partial charge in [-0.2, -0.15) is 0 Å². The van der Waals surface area contributed by atoms with Gasteiger partial charge in [-0.05, 0) is 55.2 Å². The number of nitrogens with one attached hydrogen (secondary N) is 2. The summed E-state index contributed by atoms with van der Waals surface area (Å²) in [5.41, 5.74) is 0.818. The predicted octanol–water partition coefficient (Wildman–Crippen LogP) is 4.93. The van der Waals surface area contributed by atoms with E-state index in [0.717, 1.165) is 51.4 Å². The van der Waals surface area contributed by atoms with E-state index < -0.39 is 29.6 Å². The molecule has 3 heterocycles. The fourth-order valence-corrected chi connectivity index (χ4v) is 7.93. The standard InChI is InChI=1S/C32H43N3O4/c1-19(2)21-13-15-22(16-14-21)33-29(36)26-25-17-18-32(39-25)27(26)31(38)35(23-10-5-4-6-11-23)28(32)30(37)34-24-12-8-7-9-20(24)3/h13-20,23-28H,4-12H2,1-3H3,(H,33,36)(H,34,37)/t20-,24-,25-,26+,27-,28-,32-/m0/s1. The summed E-state index contributed by atoms with van der Waals surface area (Å²) in [6.45, 7) is 6.48. The highest BCUT2D eigenvalue weighted by atomic mass is 16.5. The molecule has 5 aliphatic rings. The molecule has 210 valence electrons. The van der Waals surface area contributed by atoms with Crippen LogP contribution in [0.1, 0.15) is 90.0 Å². The Balaban J connectivity index is 1.29. The summed E-state index contributed by atoms with van der Waals surface area (Å²) < 4.78 is 6.55. The molecule has 7 atom stereocenters. The predicted molar refractivity (Wildman–Crippen MR) is 150 cm³/mol. The molecule has 4 fully saturated rings. The van der Waals surface area contributed by atoms with Gasteiger partial charge < -0.3 is 20.3 Å². The second-order valence-corrected chi connectivity index (χ2v) is 12.9. The second kappa shape index (κ2) is 10.4. The fourth-order valence-electron chi connectivity index (χ4n) is 7.93. The van der Waals surface area contributed by atoms with Crippen LogP contribution in [0.15, 0.2) is 36.4 Å². The zero-order valence-corrected chi connectivity index (χ0v) is 23.5. The number of benzene rings is 1. The molecule has 7 nitrogen and oxygen atoms in total. The van der Waals surface area contributed by atoms with E-state index in [4.69, 9.17) is 4.74 Å². The molecule has 2 bridgehead atoms. The Bertz CT molecular complexity index is 1140. The fraction of sp³-hybridized carbons (Fsp3) is 0.656. The lowest BCUT2D eigenvalue weighted by Crippen LogP contribution is -2.59. The number of likely N-dealkylation sites (tertiary alicyclic amines) is 1. The molecule has 39 heavy (non-hydrogen) atoms. The summed E-state index contributed by atoms with van der Waals surface area (Å²) in [4.78, 5) is 44.0. The summed E-state index contributed by atoms with van der Waals surface area (Å²) in [5.74, 6) is -0.971. The van der Waals surface area contributed by atoms with E-state index in [1.807, 2.05) is 41.3 Å². The van der Waals surface area contributed by atoms with Gasteiger partial charge in [-0.1, -0.05) is 77.2 Å². The van der Waals surface area contributed by atoms with Crippen molar-refractivity contribution in [3.63, 3.8) is 0 Å². The van der Waals surface area contributed by atoms with Crippen LogP contribution in [0.5, 0.6) is 0 Å². The first kappa shape index (κ1) is 26.5. The largest absolute Gasteiger partial charge is 0.359 e. The Morgan fingerprint density at radius 2 is 1.67 bits per heavy atom. The third kappa shape index (κ3) is 4.51. The number of nitrogens with zero attached hydrogens (tertiary/aromatic N) is 1. The minimum Gasteiger partial charge on any atom is -0.359 e. The van der Waals surface area contributed by atoms with Gasteiger partial charge in [0.25, 0.3) is 0 Å². The Kier molecular flexibility index (Phi) is 7.07. The van der Waals surface area contributed by atoms with Gasteiger partial charge >= 0.3 is 0 Å². The molecule has 2 saturated carbocycles. The van der Waals surface area contributed by atoms with E-state index in [1.54, 1.807) is 0 Å². The molecule has 0 aromatic heterocycles. The highest BCUT2D eigenvalue weighted by molar-refractivity contribution is 6.03. The van der Waals surface area contributed by atoms with Crippen LogP contribution in [0.3, 0.4) is 0 Å². The molecule has 1 spiro atoms. The lowest BCUT2D eigenvalue weighted by Gasteiger charge is -2.40. The molecule has 2 N–H and O–H groups in total. The second-order valence-electron chi connectivity index (χ2n) is 12.9. The van der Waals surface area contributed by atoms with Crippen molar-refractivity contribution in [2.45, 2.75) is 114 Å². The number of hydrogen-bond donors (Lipinski definition) is 2. The highest BCUT2D eigenvalue weighted by Crippen LogP contribution is 2.56. The first-order valence-electron chi connectivity index (χ1n) is 15.2. The van der Waals surface area contributed by atoms with E-state index in [9.17, 15) is 14.4 Å². The van der Waals surface area contributed by atoms with Crippen molar-refractivity contribution >= 4 is 23.4 Å². The van der Waals surface area contributed by atoms with Crippen LogP contribution in [0.4, 0.5) is 5.69 Å². The van der Waals surface area contributed by atoms with Crippen LogP contribution >= 0.6 is 0 Å². The zero-order valence-electron chi connectivity index (χ0n) is 23.5. The molecular formula is C32H43N3O4. The first-order valence-corrected chi connectivity index (χ1v) is 15.2. The summed E-state index contributed by atoms with van der Waals surface area (Å²) in [6, 6.07) is 7.26. The Hall–Kier alpha value is -2.67. The molecular weight excluding hydrogens is 490 g/mol. The van der Waals surface area contributed by atoms with Gasteiger partial charge in [0.1, 0.15) is 11.6 Å². The SMILES string of the molecule is CC(C)c1ccc(NC(=O)[C@@H]2[C@@H]3C=C[C@]4(O3)[C@@H]2C(=O)N(C2CCCCC2)[C@H]4C(=O)N[C@H]2CCCC[C@@H]2C)cc1. The maximum Gasteiger partial charge on any atom is 0.246 e. The van der Waals surface area contributed by atoms with Crippen molar-refractivity contribution in [2.24, 2.45) is 17.8 Å². The average molecular weight is 534 g/mol. The van der Waals surface area contributed by atoms with Gasteiger partial charge in [0.2, 0.25) is 17.7 Å². The maximum absolute atomic E-state index is 14.3. The molecule has 6 rings (SSSR count). The van der Waals surface area contributed by atoms with Crippen molar-refractivity contribution in [1.82, 2.24) is 10.2 Å².